The molecular weight excluding hydrogens is 276 g/mol. The van der Waals surface area contributed by atoms with E-state index >= 15 is 0 Å². The first kappa shape index (κ1) is 16.5. The van der Waals surface area contributed by atoms with Crippen molar-refractivity contribution in [2.75, 3.05) is 13.1 Å². The molecule has 1 N–H and O–H groups in total. The van der Waals surface area contributed by atoms with E-state index in [0.29, 0.717) is 18.1 Å². The van der Waals surface area contributed by atoms with E-state index in [0.717, 1.165) is 18.4 Å². The van der Waals surface area contributed by atoms with Crippen molar-refractivity contribution < 1.29 is 9.59 Å². The average Bonchev–Trinajstić information content (AvgIpc) is 2.42. The van der Waals surface area contributed by atoms with E-state index in [-0.39, 0.29) is 18.4 Å². The van der Waals surface area contributed by atoms with Crippen LogP contribution in [0.4, 0.5) is 0 Å². The Kier molecular flexibility index (Phi) is 7.09. The summed E-state index contributed by atoms with van der Waals surface area (Å²) in [4.78, 5) is 24.8. The Bertz CT molecular complexity index is 446. The van der Waals surface area contributed by atoms with Crippen LogP contribution in [0.2, 0.25) is 5.02 Å². The molecule has 0 heterocycles. The largest absolute Gasteiger partial charge is 0.350 e. The van der Waals surface area contributed by atoms with Crippen LogP contribution in [0.1, 0.15) is 32.3 Å². The van der Waals surface area contributed by atoms with Crippen molar-refractivity contribution in [3.63, 3.8) is 0 Å². The van der Waals surface area contributed by atoms with Gasteiger partial charge in [-0.3, -0.25) is 9.59 Å². The Morgan fingerprint density at radius 1 is 1.25 bits per heavy atom. The molecule has 0 aliphatic rings. The molecule has 0 aromatic heterocycles. The second-order valence-corrected chi connectivity index (χ2v) is 5.13. The molecule has 1 rings (SSSR count). The average molecular weight is 297 g/mol. The number of nitrogens with one attached hydrogen (secondary N) is 1. The monoisotopic (exact) mass is 296 g/mol. The van der Waals surface area contributed by atoms with Crippen LogP contribution in [0.5, 0.6) is 0 Å². The number of rotatable bonds is 7. The van der Waals surface area contributed by atoms with Gasteiger partial charge in [0.15, 0.2) is 0 Å². The first-order valence-corrected chi connectivity index (χ1v) is 7.17. The maximum atomic E-state index is 11.8. The van der Waals surface area contributed by atoms with Gasteiger partial charge in [0.05, 0.1) is 6.54 Å². The molecule has 0 spiro atoms. The van der Waals surface area contributed by atoms with Gasteiger partial charge in [-0.2, -0.15) is 0 Å². The molecule has 20 heavy (non-hydrogen) atoms. The van der Waals surface area contributed by atoms with Crippen molar-refractivity contribution in [1.29, 1.82) is 0 Å². The van der Waals surface area contributed by atoms with Gasteiger partial charge in [0.25, 0.3) is 0 Å². The number of amides is 2. The Hall–Kier alpha value is -1.55. The number of unbranched alkanes of at least 4 members (excludes halogenated alkanes) is 1. The SMILES string of the molecule is CCCCN(CC(=O)NCc1ccc(Cl)cc1)C(C)=O. The molecule has 1 aromatic carbocycles. The molecule has 4 nitrogen and oxygen atoms in total. The maximum absolute atomic E-state index is 11.8. The third-order valence-electron chi connectivity index (χ3n) is 2.96. The summed E-state index contributed by atoms with van der Waals surface area (Å²) in [5.41, 5.74) is 0.977. The Balaban J connectivity index is 2.41. The molecule has 0 aliphatic carbocycles. The van der Waals surface area contributed by atoms with E-state index < -0.39 is 0 Å². The van der Waals surface area contributed by atoms with E-state index in [1.807, 2.05) is 12.1 Å². The second kappa shape index (κ2) is 8.59. The number of halogens is 1. The van der Waals surface area contributed by atoms with Gasteiger partial charge in [-0.05, 0) is 24.1 Å². The fraction of sp³-hybridized carbons (Fsp3) is 0.467. The molecule has 0 saturated carbocycles. The summed E-state index contributed by atoms with van der Waals surface area (Å²) in [6, 6.07) is 7.29. The molecule has 0 saturated heterocycles. The van der Waals surface area contributed by atoms with Gasteiger partial charge in [-0.25, -0.2) is 0 Å². The first-order valence-electron chi connectivity index (χ1n) is 6.79. The van der Waals surface area contributed by atoms with Gasteiger partial charge in [0.1, 0.15) is 0 Å². The predicted octanol–water partition coefficient (Wildman–Crippen LogP) is 2.60. The van der Waals surface area contributed by atoms with Crippen LogP contribution in [-0.4, -0.2) is 29.8 Å². The van der Waals surface area contributed by atoms with Gasteiger partial charge in [-0.15, -0.1) is 0 Å². The van der Waals surface area contributed by atoms with Crippen molar-refractivity contribution in [2.24, 2.45) is 0 Å². The summed E-state index contributed by atoms with van der Waals surface area (Å²) in [7, 11) is 0. The van der Waals surface area contributed by atoms with Crippen LogP contribution >= 0.6 is 11.6 Å². The first-order chi connectivity index (χ1) is 9.52. The molecule has 0 fully saturated rings. The minimum atomic E-state index is -0.147. The molecule has 2 amide bonds. The zero-order chi connectivity index (χ0) is 15.0. The van der Waals surface area contributed by atoms with Gasteiger partial charge >= 0.3 is 0 Å². The lowest BCUT2D eigenvalue weighted by Crippen LogP contribution is -2.39. The zero-order valence-corrected chi connectivity index (χ0v) is 12.7. The lowest BCUT2D eigenvalue weighted by molar-refractivity contribution is -0.134. The van der Waals surface area contributed by atoms with Crippen molar-refractivity contribution in [3.8, 4) is 0 Å². The molecule has 110 valence electrons. The highest BCUT2D eigenvalue weighted by atomic mass is 35.5. The highest BCUT2D eigenvalue weighted by Crippen LogP contribution is 2.09. The zero-order valence-electron chi connectivity index (χ0n) is 12.0. The van der Waals surface area contributed by atoms with Gasteiger partial charge < -0.3 is 10.2 Å². The Morgan fingerprint density at radius 3 is 2.45 bits per heavy atom. The molecular formula is C15H21ClN2O2. The lowest BCUT2D eigenvalue weighted by Gasteiger charge is -2.20. The lowest BCUT2D eigenvalue weighted by atomic mass is 10.2. The van der Waals surface area contributed by atoms with E-state index in [1.54, 1.807) is 17.0 Å². The predicted molar refractivity (Wildman–Crippen MR) is 80.5 cm³/mol. The quantitative estimate of drug-likeness (QED) is 0.841. The van der Waals surface area contributed by atoms with Crippen molar-refractivity contribution in [3.05, 3.63) is 34.9 Å². The number of hydrogen-bond acceptors (Lipinski definition) is 2. The number of nitrogens with zero attached hydrogens (tertiary/aromatic N) is 1. The summed E-state index contributed by atoms with van der Waals surface area (Å²) in [5, 5.41) is 3.47. The van der Waals surface area contributed by atoms with Crippen LogP contribution in [-0.2, 0) is 16.1 Å². The number of hydrogen-bond donors (Lipinski definition) is 1. The Morgan fingerprint density at radius 2 is 1.90 bits per heavy atom. The van der Waals surface area contributed by atoms with Crippen LogP contribution in [0.3, 0.4) is 0 Å². The van der Waals surface area contributed by atoms with E-state index in [4.69, 9.17) is 11.6 Å². The maximum Gasteiger partial charge on any atom is 0.239 e. The Labute approximate surface area is 125 Å². The standard InChI is InChI=1S/C15H21ClN2O2/c1-3-4-9-18(12(2)19)11-15(20)17-10-13-5-7-14(16)8-6-13/h5-8H,3-4,9-11H2,1-2H3,(H,17,20). The summed E-state index contributed by atoms with van der Waals surface area (Å²) in [6.45, 7) is 4.72. The van der Waals surface area contributed by atoms with Crippen LogP contribution in [0.25, 0.3) is 0 Å². The minimum absolute atomic E-state index is 0.0694. The van der Waals surface area contributed by atoms with Gasteiger partial charge in [0, 0.05) is 25.0 Å². The molecule has 0 bridgehead atoms. The van der Waals surface area contributed by atoms with Gasteiger partial charge in [0.2, 0.25) is 11.8 Å². The molecule has 0 radical (unpaired) electrons. The molecule has 0 aliphatic heterocycles. The fourth-order valence-corrected chi connectivity index (χ4v) is 1.85. The topological polar surface area (TPSA) is 49.4 Å². The van der Waals surface area contributed by atoms with Crippen LogP contribution in [0, 0.1) is 0 Å². The third kappa shape index (κ3) is 6.06. The third-order valence-corrected chi connectivity index (χ3v) is 3.22. The van der Waals surface area contributed by atoms with E-state index in [9.17, 15) is 9.59 Å². The van der Waals surface area contributed by atoms with Crippen LogP contribution < -0.4 is 5.32 Å². The summed E-state index contributed by atoms with van der Waals surface area (Å²) in [5.74, 6) is -0.216. The van der Waals surface area contributed by atoms with E-state index in [2.05, 4.69) is 12.2 Å². The number of carbonyl (C=O) groups excluding carboxylic acids is 2. The highest BCUT2D eigenvalue weighted by Gasteiger charge is 2.12. The highest BCUT2D eigenvalue weighted by molar-refractivity contribution is 6.30. The van der Waals surface area contributed by atoms with Crippen molar-refractivity contribution >= 4 is 23.4 Å². The number of carbonyl (C=O) groups is 2. The number of benzene rings is 1. The minimum Gasteiger partial charge on any atom is -0.350 e. The molecule has 5 heteroatoms. The molecule has 1 aromatic rings. The van der Waals surface area contributed by atoms with E-state index in [1.165, 1.54) is 6.92 Å². The van der Waals surface area contributed by atoms with Gasteiger partial charge in [-0.1, -0.05) is 37.1 Å². The smallest absolute Gasteiger partial charge is 0.239 e. The fourth-order valence-electron chi connectivity index (χ4n) is 1.73. The summed E-state index contributed by atoms with van der Waals surface area (Å²) < 4.78 is 0. The molecule has 0 unspecified atom stereocenters. The summed E-state index contributed by atoms with van der Waals surface area (Å²) in [6.07, 6.45) is 1.90. The normalized spacial score (nSPS) is 10.2. The van der Waals surface area contributed by atoms with Crippen LogP contribution in [0.15, 0.2) is 24.3 Å². The second-order valence-electron chi connectivity index (χ2n) is 4.70. The molecule has 0 atom stereocenters. The van der Waals surface area contributed by atoms with Crippen molar-refractivity contribution in [1.82, 2.24) is 10.2 Å². The van der Waals surface area contributed by atoms with Crippen molar-refractivity contribution in [2.45, 2.75) is 33.2 Å². The summed E-state index contributed by atoms with van der Waals surface area (Å²) >= 11 is 5.80.